The monoisotopic (exact) mass is 303 g/mol. The van der Waals surface area contributed by atoms with Crippen molar-refractivity contribution in [2.45, 2.75) is 26.4 Å². The van der Waals surface area contributed by atoms with Crippen LogP contribution < -0.4 is 11.2 Å². The first kappa shape index (κ1) is 15.5. The van der Waals surface area contributed by atoms with Crippen LogP contribution in [0.25, 0.3) is 0 Å². The molecule has 0 saturated heterocycles. The van der Waals surface area contributed by atoms with Gasteiger partial charge < -0.3 is 10.5 Å². The summed E-state index contributed by atoms with van der Waals surface area (Å²) in [5, 5.41) is 11.3. The number of nitrogens with zero attached hydrogens (tertiary/aromatic N) is 3. The third-order valence-electron chi connectivity index (χ3n) is 2.44. The molecule has 22 heavy (non-hydrogen) atoms. The molecular formula is C14H17N5O3. The quantitative estimate of drug-likeness (QED) is 0.661. The summed E-state index contributed by atoms with van der Waals surface area (Å²) in [6.45, 7) is 5.27. The predicted molar refractivity (Wildman–Crippen MR) is 80.2 cm³/mol. The van der Waals surface area contributed by atoms with Crippen molar-refractivity contribution in [3.8, 4) is 0 Å². The van der Waals surface area contributed by atoms with Gasteiger partial charge in [-0.25, -0.2) is 14.8 Å². The molecule has 0 bridgehead atoms. The van der Waals surface area contributed by atoms with Crippen LogP contribution in [0.5, 0.6) is 0 Å². The van der Waals surface area contributed by atoms with Gasteiger partial charge in [0.2, 0.25) is 0 Å². The van der Waals surface area contributed by atoms with E-state index in [-0.39, 0.29) is 11.5 Å². The molecule has 0 radical (unpaired) electrons. The molecule has 8 heteroatoms. The summed E-state index contributed by atoms with van der Waals surface area (Å²) < 4.78 is 9.71. The van der Waals surface area contributed by atoms with Gasteiger partial charge in [-0.1, -0.05) is 30.3 Å². The van der Waals surface area contributed by atoms with Crippen LogP contribution in [-0.2, 0) is 4.74 Å². The molecule has 8 nitrogen and oxygen atoms in total. The molecule has 0 saturated carbocycles. The predicted octanol–water partition coefficient (Wildman–Crippen LogP) is 1.93. The number of anilines is 1. The maximum Gasteiger partial charge on any atom is 0.428 e. The summed E-state index contributed by atoms with van der Waals surface area (Å²) in [5.74, 6) is 0.0774. The molecule has 0 fully saturated rings. The minimum absolute atomic E-state index is 0.0774. The number of hydrogen-bond donors (Lipinski definition) is 2. The largest absolute Gasteiger partial charge is 0.443 e. The van der Waals surface area contributed by atoms with Gasteiger partial charge in [-0.3, -0.25) is 0 Å². The maximum absolute atomic E-state index is 11.7. The number of aromatic nitrogens is 2. The molecule has 116 valence electrons. The first-order chi connectivity index (χ1) is 10.4. The lowest BCUT2D eigenvalue weighted by Gasteiger charge is -2.18. The van der Waals surface area contributed by atoms with Crippen LogP contribution in [0.4, 0.5) is 10.6 Å². The molecular weight excluding hydrogens is 286 g/mol. The van der Waals surface area contributed by atoms with Gasteiger partial charge in [-0.15, -0.1) is 0 Å². The van der Waals surface area contributed by atoms with E-state index in [0.717, 1.165) is 0 Å². The van der Waals surface area contributed by atoms with Crippen LogP contribution in [-0.4, -0.2) is 27.7 Å². The van der Waals surface area contributed by atoms with Gasteiger partial charge in [0.25, 0.3) is 0 Å². The Kier molecular flexibility index (Phi) is 4.40. The highest BCUT2D eigenvalue weighted by molar-refractivity contribution is 6.14. The first-order valence-electron chi connectivity index (χ1n) is 6.57. The van der Waals surface area contributed by atoms with Crippen LogP contribution in [0, 0.1) is 0 Å². The molecule has 1 aromatic heterocycles. The Bertz CT molecular complexity index is 673. The second-order valence-corrected chi connectivity index (χ2v) is 5.44. The number of benzene rings is 1. The number of ether oxygens (including phenoxy) is 1. The summed E-state index contributed by atoms with van der Waals surface area (Å²) in [6.07, 6.45) is -0.684. The van der Waals surface area contributed by atoms with Crippen molar-refractivity contribution in [1.29, 1.82) is 0 Å². The van der Waals surface area contributed by atoms with Gasteiger partial charge >= 0.3 is 6.09 Å². The Morgan fingerprint density at radius 1 is 1.27 bits per heavy atom. The molecule has 3 N–H and O–H groups in total. The number of rotatable bonds is 3. The van der Waals surface area contributed by atoms with Crippen molar-refractivity contribution in [1.82, 2.24) is 15.7 Å². The van der Waals surface area contributed by atoms with E-state index in [4.69, 9.17) is 10.5 Å². The Morgan fingerprint density at radius 2 is 1.95 bits per heavy atom. The van der Waals surface area contributed by atoms with Crippen LogP contribution >= 0.6 is 0 Å². The smallest absolute Gasteiger partial charge is 0.428 e. The lowest BCUT2D eigenvalue weighted by Crippen LogP contribution is -2.30. The van der Waals surface area contributed by atoms with E-state index in [1.165, 1.54) is 0 Å². The number of carbonyl (C=O) groups is 1. The minimum atomic E-state index is -0.684. The molecule has 1 aromatic carbocycles. The fourth-order valence-electron chi connectivity index (χ4n) is 1.61. The summed E-state index contributed by atoms with van der Waals surface area (Å²) in [6, 6.07) is 9.09. The van der Waals surface area contributed by atoms with Gasteiger partial charge in [0.15, 0.2) is 11.5 Å². The van der Waals surface area contributed by atoms with Crippen molar-refractivity contribution in [3.63, 3.8) is 0 Å². The fraction of sp³-hybridized carbons (Fsp3) is 0.286. The number of nitrogen functional groups attached to an aromatic ring is 1. The third-order valence-corrected chi connectivity index (χ3v) is 2.44. The number of nitrogens with one attached hydrogen (secondary N) is 1. The van der Waals surface area contributed by atoms with Crippen LogP contribution in [0.2, 0.25) is 0 Å². The highest BCUT2D eigenvalue weighted by Gasteiger charge is 2.19. The van der Waals surface area contributed by atoms with Crippen molar-refractivity contribution >= 4 is 17.6 Å². The van der Waals surface area contributed by atoms with E-state index in [2.05, 4.69) is 25.5 Å². The highest BCUT2D eigenvalue weighted by atomic mass is 16.6. The Hall–Kier alpha value is -2.90. The Morgan fingerprint density at radius 3 is 2.50 bits per heavy atom. The minimum Gasteiger partial charge on any atom is -0.443 e. The SMILES string of the molecule is CC(C)(C)OC(=O)N/N=C(/c1ccccc1)c1nonc1N. The Labute approximate surface area is 127 Å². The van der Waals surface area contributed by atoms with Crippen molar-refractivity contribution < 1.29 is 14.2 Å². The highest BCUT2D eigenvalue weighted by Crippen LogP contribution is 2.13. The summed E-state index contributed by atoms with van der Waals surface area (Å²) in [7, 11) is 0. The zero-order valence-electron chi connectivity index (χ0n) is 12.5. The Balaban J connectivity index is 2.28. The summed E-state index contributed by atoms with van der Waals surface area (Å²) >= 11 is 0. The van der Waals surface area contributed by atoms with E-state index >= 15 is 0 Å². The number of carbonyl (C=O) groups excluding carboxylic acids is 1. The van der Waals surface area contributed by atoms with Gasteiger partial charge in [0.1, 0.15) is 11.3 Å². The number of amides is 1. The topological polar surface area (TPSA) is 116 Å². The van der Waals surface area contributed by atoms with E-state index < -0.39 is 11.7 Å². The standard InChI is InChI=1S/C14H17N5O3/c1-14(2,3)21-13(20)17-16-10(9-7-5-4-6-8-9)11-12(15)19-22-18-11/h4-8H,1-3H3,(H2,15,19)(H,17,20)/b16-10-. The van der Waals surface area contributed by atoms with Crippen molar-refractivity contribution in [3.05, 3.63) is 41.6 Å². The molecule has 1 heterocycles. The molecule has 0 aliphatic rings. The van der Waals surface area contributed by atoms with Crippen molar-refractivity contribution in [2.24, 2.45) is 5.10 Å². The van der Waals surface area contributed by atoms with E-state index in [1.54, 1.807) is 32.9 Å². The van der Waals surface area contributed by atoms with E-state index in [0.29, 0.717) is 11.3 Å². The third kappa shape index (κ3) is 4.05. The fourth-order valence-corrected chi connectivity index (χ4v) is 1.61. The number of hydrogen-bond acceptors (Lipinski definition) is 7. The molecule has 2 rings (SSSR count). The zero-order chi connectivity index (χ0) is 16.2. The van der Waals surface area contributed by atoms with Crippen LogP contribution in [0.3, 0.4) is 0 Å². The first-order valence-corrected chi connectivity index (χ1v) is 6.57. The molecule has 0 aliphatic heterocycles. The second-order valence-electron chi connectivity index (χ2n) is 5.44. The van der Waals surface area contributed by atoms with E-state index in [1.807, 2.05) is 18.2 Å². The summed E-state index contributed by atoms with van der Waals surface area (Å²) in [4.78, 5) is 11.7. The number of nitrogens with two attached hydrogens (primary N) is 1. The van der Waals surface area contributed by atoms with Gasteiger partial charge in [0, 0.05) is 5.56 Å². The average Bonchev–Trinajstić information content (AvgIpc) is 2.85. The van der Waals surface area contributed by atoms with Crippen LogP contribution in [0.15, 0.2) is 40.1 Å². The molecule has 0 unspecified atom stereocenters. The van der Waals surface area contributed by atoms with E-state index in [9.17, 15) is 4.79 Å². The van der Waals surface area contributed by atoms with Gasteiger partial charge in [0.05, 0.1) is 0 Å². The van der Waals surface area contributed by atoms with Gasteiger partial charge in [-0.05, 0) is 31.1 Å². The van der Waals surface area contributed by atoms with Crippen LogP contribution in [0.1, 0.15) is 32.0 Å². The number of hydrazone groups is 1. The lowest BCUT2D eigenvalue weighted by molar-refractivity contribution is 0.0529. The summed E-state index contributed by atoms with van der Waals surface area (Å²) in [5.41, 5.74) is 8.64. The normalized spacial score (nSPS) is 12.0. The molecule has 0 spiro atoms. The lowest BCUT2D eigenvalue weighted by atomic mass is 10.1. The maximum atomic E-state index is 11.7. The molecule has 0 atom stereocenters. The van der Waals surface area contributed by atoms with Crippen molar-refractivity contribution in [2.75, 3.05) is 5.73 Å². The molecule has 0 aliphatic carbocycles. The van der Waals surface area contributed by atoms with Gasteiger partial charge in [-0.2, -0.15) is 5.10 Å². The average molecular weight is 303 g/mol. The zero-order valence-corrected chi connectivity index (χ0v) is 12.5. The molecule has 2 aromatic rings. The molecule has 1 amide bonds. The second kappa shape index (κ2) is 6.25.